The Morgan fingerprint density at radius 1 is 1.44 bits per heavy atom. The molecule has 1 aromatic rings. The lowest BCUT2D eigenvalue weighted by Gasteiger charge is -2.36. The predicted octanol–water partition coefficient (Wildman–Crippen LogP) is 2.52. The Kier molecular flexibility index (Phi) is 2.64. The van der Waals surface area contributed by atoms with E-state index in [1.165, 1.54) is 11.3 Å². The van der Waals surface area contributed by atoms with Gasteiger partial charge in [0.25, 0.3) is 5.91 Å². The van der Waals surface area contributed by atoms with Crippen LogP contribution in [-0.2, 0) is 0 Å². The van der Waals surface area contributed by atoms with Crippen LogP contribution < -0.4 is 0 Å². The number of fused-ring (bicyclic) bond motifs is 2. The van der Waals surface area contributed by atoms with Crippen molar-refractivity contribution in [2.45, 2.75) is 43.1 Å². The van der Waals surface area contributed by atoms with Gasteiger partial charge < -0.3 is 4.90 Å². The highest BCUT2D eigenvalue weighted by molar-refractivity contribution is 7.07. The highest BCUT2D eigenvalue weighted by Gasteiger charge is 2.43. The summed E-state index contributed by atoms with van der Waals surface area (Å²) in [6.07, 6.45) is 4.08. The zero-order valence-electron chi connectivity index (χ0n) is 8.80. The van der Waals surface area contributed by atoms with E-state index in [4.69, 9.17) is 11.6 Å². The topological polar surface area (TPSA) is 33.2 Å². The molecule has 0 aromatic carbocycles. The SMILES string of the molecule is O=C(c1cscn1)N1C2CCC1CC(Cl)C2. The summed E-state index contributed by atoms with van der Waals surface area (Å²) in [4.78, 5) is 18.4. The van der Waals surface area contributed by atoms with Gasteiger partial charge in [0.1, 0.15) is 5.69 Å². The van der Waals surface area contributed by atoms with Crippen LogP contribution in [0.3, 0.4) is 0 Å². The number of carbonyl (C=O) groups excluding carboxylic acids is 1. The Morgan fingerprint density at radius 2 is 2.12 bits per heavy atom. The van der Waals surface area contributed by atoms with E-state index in [9.17, 15) is 4.79 Å². The number of hydrogen-bond acceptors (Lipinski definition) is 3. The van der Waals surface area contributed by atoms with Crippen molar-refractivity contribution in [2.24, 2.45) is 0 Å². The molecule has 0 aliphatic carbocycles. The number of halogens is 1. The third kappa shape index (κ3) is 1.64. The van der Waals surface area contributed by atoms with E-state index in [-0.39, 0.29) is 11.3 Å². The fraction of sp³-hybridized carbons (Fsp3) is 0.636. The van der Waals surface area contributed by atoms with Crippen molar-refractivity contribution in [3.8, 4) is 0 Å². The van der Waals surface area contributed by atoms with Gasteiger partial charge in [0.05, 0.1) is 5.51 Å². The first kappa shape index (κ1) is 10.5. The number of thiazole rings is 1. The fourth-order valence-corrected chi connectivity index (χ4v) is 3.83. The normalized spacial score (nSPS) is 33.1. The van der Waals surface area contributed by atoms with Gasteiger partial charge in [-0.2, -0.15) is 0 Å². The third-order valence-corrected chi connectivity index (χ3v) is 4.50. The van der Waals surface area contributed by atoms with Gasteiger partial charge in [0, 0.05) is 22.8 Å². The maximum Gasteiger partial charge on any atom is 0.273 e. The van der Waals surface area contributed by atoms with Gasteiger partial charge in [-0.15, -0.1) is 22.9 Å². The molecule has 0 saturated carbocycles. The Labute approximate surface area is 103 Å². The number of alkyl halides is 1. The first-order valence-electron chi connectivity index (χ1n) is 5.60. The second kappa shape index (κ2) is 4.00. The first-order valence-corrected chi connectivity index (χ1v) is 6.98. The molecule has 2 fully saturated rings. The lowest BCUT2D eigenvalue weighted by atomic mass is 10.0. The van der Waals surface area contributed by atoms with E-state index in [0.717, 1.165) is 25.7 Å². The van der Waals surface area contributed by atoms with Crippen LogP contribution in [0.25, 0.3) is 0 Å². The maximum absolute atomic E-state index is 12.3. The average molecular weight is 257 g/mol. The molecule has 2 atom stereocenters. The Bertz CT molecular complexity index is 381. The van der Waals surface area contributed by atoms with Gasteiger partial charge in [-0.25, -0.2) is 4.98 Å². The molecule has 0 N–H and O–H groups in total. The molecule has 2 bridgehead atoms. The van der Waals surface area contributed by atoms with Gasteiger partial charge in [0.15, 0.2) is 0 Å². The molecule has 16 heavy (non-hydrogen) atoms. The zero-order valence-corrected chi connectivity index (χ0v) is 10.4. The first-order chi connectivity index (χ1) is 7.75. The number of carbonyl (C=O) groups is 1. The van der Waals surface area contributed by atoms with Crippen molar-refractivity contribution < 1.29 is 4.79 Å². The number of amides is 1. The number of aromatic nitrogens is 1. The largest absolute Gasteiger partial charge is 0.331 e. The molecule has 3 rings (SSSR count). The average Bonchev–Trinajstić information content (AvgIpc) is 2.85. The molecule has 1 amide bonds. The van der Waals surface area contributed by atoms with Crippen molar-refractivity contribution in [1.29, 1.82) is 0 Å². The molecule has 3 nitrogen and oxygen atoms in total. The van der Waals surface area contributed by atoms with E-state index in [1.807, 2.05) is 10.3 Å². The summed E-state index contributed by atoms with van der Waals surface area (Å²) in [5.74, 6) is 0.0947. The summed E-state index contributed by atoms with van der Waals surface area (Å²) in [5.41, 5.74) is 2.30. The van der Waals surface area contributed by atoms with Crippen molar-refractivity contribution in [3.05, 3.63) is 16.6 Å². The van der Waals surface area contributed by atoms with Crippen molar-refractivity contribution in [3.63, 3.8) is 0 Å². The number of piperidine rings is 1. The van der Waals surface area contributed by atoms with Crippen LogP contribution in [0, 0.1) is 0 Å². The highest BCUT2D eigenvalue weighted by atomic mass is 35.5. The Hall–Kier alpha value is -0.610. The third-order valence-electron chi connectivity index (χ3n) is 3.56. The van der Waals surface area contributed by atoms with Gasteiger partial charge in [-0.3, -0.25) is 4.79 Å². The lowest BCUT2D eigenvalue weighted by Crippen LogP contribution is -2.47. The second-order valence-corrected chi connectivity index (χ2v) is 5.88. The summed E-state index contributed by atoms with van der Waals surface area (Å²) in [6, 6.07) is 0.686. The van der Waals surface area contributed by atoms with Gasteiger partial charge >= 0.3 is 0 Å². The van der Waals surface area contributed by atoms with Crippen molar-refractivity contribution >= 4 is 28.8 Å². The number of hydrogen-bond donors (Lipinski definition) is 0. The van der Waals surface area contributed by atoms with Crippen LogP contribution in [0.5, 0.6) is 0 Å². The second-order valence-electron chi connectivity index (χ2n) is 4.54. The summed E-state index contributed by atoms with van der Waals surface area (Å²) in [5, 5.41) is 2.08. The molecule has 2 aliphatic rings. The molecule has 3 heterocycles. The summed E-state index contributed by atoms with van der Waals surface area (Å²) >= 11 is 7.66. The summed E-state index contributed by atoms with van der Waals surface area (Å²) in [6.45, 7) is 0. The quantitative estimate of drug-likeness (QED) is 0.724. The van der Waals surface area contributed by atoms with E-state index in [2.05, 4.69) is 4.98 Å². The predicted molar refractivity (Wildman–Crippen MR) is 64.0 cm³/mol. The molecule has 1 aromatic heterocycles. The van der Waals surface area contributed by atoms with Crippen molar-refractivity contribution in [1.82, 2.24) is 9.88 Å². The molecule has 2 aliphatic heterocycles. The molecule has 0 radical (unpaired) electrons. The summed E-state index contributed by atoms with van der Waals surface area (Å²) in [7, 11) is 0. The monoisotopic (exact) mass is 256 g/mol. The maximum atomic E-state index is 12.3. The van der Waals surface area contributed by atoms with Crippen LogP contribution in [0.15, 0.2) is 10.9 Å². The van der Waals surface area contributed by atoms with Crippen LogP contribution in [0.2, 0.25) is 0 Å². The van der Waals surface area contributed by atoms with E-state index in [0.29, 0.717) is 17.8 Å². The van der Waals surface area contributed by atoms with Crippen LogP contribution in [0.4, 0.5) is 0 Å². The van der Waals surface area contributed by atoms with E-state index in [1.54, 1.807) is 5.51 Å². The van der Waals surface area contributed by atoms with Crippen molar-refractivity contribution in [2.75, 3.05) is 0 Å². The van der Waals surface area contributed by atoms with Crippen LogP contribution >= 0.6 is 22.9 Å². The van der Waals surface area contributed by atoms with E-state index < -0.39 is 0 Å². The lowest BCUT2D eigenvalue weighted by molar-refractivity contribution is 0.0594. The standard InChI is InChI=1S/C11H13ClN2OS/c12-7-3-8-1-2-9(4-7)14(8)11(15)10-5-16-6-13-10/h5-9H,1-4H2. The smallest absolute Gasteiger partial charge is 0.273 e. The molecular formula is C11H13ClN2OS. The zero-order chi connectivity index (χ0) is 11.1. The molecule has 2 saturated heterocycles. The Morgan fingerprint density at radius 3 is 2.69 bits per heavy atom. The number of nitrogens with zero attached hydrogens (tertiary/aromatic N) is 2. The Balaban J connectivity index is 1.84. The molecular weight excluding hydrogens is 244 g/mol. The number of rotatable bonds is 1. The fourth-order valence-electron chi connectivity index (χ4n) is 2.89. The minimum Gasteiger partial charge on any atom is -0.331 e. The van der Waals surface area contributed by atoms with Gasteiger partial charge in [0.2, 0.25) is 0 Å². The molecule has 2 unspecified atom stereocenters. The van der Waals surface area contributed by atoms with Crippen LogP contribution in [-0.4, -0.2) is 33.3 Å². The van der Waals surface area contributed by atoms with Gasteiger partial charge in [-0.05, 0) is 25.7 Å². The minimum absolute atomic E-state index is 0.0947. The van der Waals surface area contributed by atoms with Gasteiger partial charge in [-0.1, -0.05) is 0 Å². The van der Waals surface area contributed by atoms with Crippen LogP contribution in [0.1, 0.15) is 36.2 Å². The highest BCUT2D eigenvalue weighted by Crippen LogP contribution is 2.38. The minimum atomic E-state index is 0.0947. The van der Waals surface area contributed by atoms with E-state index >= 15 is 0 Å². The molecule has 5 heteroatoms. The summed E-state index contributed by atoms with van der Waals surface area (Å²) < 4.78 is 0. The molecule has 0 spiro atoms. The molecule has 86 valence electrons.